The summed E-state index contributed by atoms with van der Waals surface area (Å²) in [5, 5.41) is 0. The first-order valence-electron chi connectivity index (χ1n) is 44.3. The third-order valence-electron chi connectivity index (χ3n) is 21.0. The molecule has 0 saturated heterocycles. The van der Waals surface area contributed by atoms with Gasteiger partial charge in [-0.2, -0.15) is 12.8 Å². The van der Waals surface area contributed by atoms with Crippen molar-refractivity contribution in [2.45, 2.75) is 486 Å². The maximum absolute atomic E-state index is 12.8. The normalized spacial score (nSPS) is 12.3. The second-order valence-corrected chi connectivity index (χ2v) is 30.7. The van der Waals surface area contributed by atoms with Gasteiger partial charge >= 0.3 is 16.5 Å². The number of benzene rings is 2. The van der Waals surface area contributed by atoms with E-state index in [1.165, 1.54) is 411 Å². The molecule has 0 atom stereocenters. The Labute approximate surface area is 626 Å². The molecule has 98 heavy (non-hydrogen) atoms. The van der Waals surface area contributed by atoms with E-state index in [1.807, 2.05) is 0 Å². The van der Waals surface area contributed by atoms with Crippen LogP contribution in [-0.2, 0) is 42.2 Å². The van der Waals surface area contributed by atoms with Gasteiger partial charge in [-0.1, -0.05) is 420 Å². The molecule has 0 unspecified atom stereocenters. The molecule has 0 saturated carbocycles. The van der Waals surface area contributed by atoms with E-state index in [2.05, 4.69) is 118 Å². The molecule has 1 aliphatic rings. The van der Waals surface area contributed by atoms with E-state index < -0.39 is 0 Å². The van der Waals surface area contributed by atoms with Crippen molar-refractivity contribution >= 4 is 11.4 Å². The zero-order valence-electron chi connectivity index (χ0n) is 67.6. The second-order valence-electron chi connectivity index (χ2n) is 30.7. The van der Waals surface area contributed by atoms with Crippen molar-refractivity contribution in [2.24, 2.45) is 0 Å². The Morgan fingerprint density at radius 2 is 0.490 bits per heavy atom. The molecule has 0 bridgehead atoms. The summed E-state index contributed by atoms with van der Waals surface area (Å²) < 4.78 is 1.66. The van der Waals surface area contributed by atoms with Crippen molar-refractivity contribution in [3.8, 4) is 0 Å². The third-order valence-corrected chi connectivity index (χ3v) is 21.0. The van der Waals surface area contributed by atoms with Gasteiger partial charge in [0.1, 0.15) is 0 Å². The van der Waals surface area contributed by atoms with Gasteiger partial charge < -0.3 is 19.4 Å². The molecule has 0 fully saturated rings. The quantitative estimate of drug-likeness (QED) is 0.0273. The van der Waals surface area contributed by atoms with E-state index in [4.69, 9.17) is 0 Å². The summed E-state index contributed by atoms with van der Waals surface area (Å²) in [6.45, 7) is 26.2. The van der Waals surface area contributed by atoms with Crippen molar-refractivity contribution in [2.75, 3.05) is 0 Å². The summed E-state index contributed by atoms with van der Waals surface area (Å²) in [7, 11) is 0. The minimum absolute atomic E-state index is 0. The molecular formula is C95H170N2Ni. The van der Waals surface area contributed by atoms with Crippen LogP contribution in [0.2, 0.25) is 0 Å². The summed E-state index contributed by atoms with van der Waals surface area (Å²) in [5.41, 5.74) is 25.6. The van der Waals surface area contributed by atoms with Gasteiger partial charge in [-0.15, -0.1) is 0 Å². The summed E-state index contributed by atoms with van der Waals surface area (Å²) in [6.07, 6.45) is 95.0. The molecule has 0 radical (unpaired) electrons. The number of rotatable bonds is 68. The van der Waals surface area contributed by atoms with Crippen molar-refractivity contribution in [1.29, 1.82) is 0 Å². The molecule has 0 amide bonds. The maximum atomic E-state index is 12.8. The molecule has 570 valence electrons. The maximum Gasteiger partial charge on any atom is 2.00 e. The Morgan fingerprint density at radius 1 is 0.265 bits per heavy atom. The average Bonchev–Trinajstić information content (AvgIpc) is 1.65. The monoisotopic (exact) mass is 1400 g/mol. The number of aryl methyl sites for hydroxylation is 4. The van der Waals surface area contributed by atoms with E-state index in [0.717, 1.165) is 75.6 Å². The minimum Gasteiger partial charge on any atom is -0.493 e. The van der Waals surface area contributed by atoms with Crippen LogP contribution in [0.25, 0.3) is 16.9 Å². The van der Waals surface area contributed by atoms with Crippen LogP contribution >= 0.6 is 0 Å². The van der Waals surface area contributed by atoms with Gasteiger partial charge in [0.15, 0.2) is 0 Å². The zero-order valence-corrected chi connectivity index (χ0v) is 68.6. The van der Waals surface area contributed by atoms with Gasteiger partial charge in [-0.05, 0) is 124 Å². The fraction of sp³-hybridized carbons (Fsp3) is 0.789. The number of hydrogen-bond acceptors (Lipinski definition) is 0. The molecule has 0 N–H and O–H groups in total. The third kappa shape index (κ3) is 53.5. The largest absolute Gasteiger partial charge is 2.00 e. The Morgan fingerprint density at radius 3 is 0.765 bits per heavy atom. The van der Waals surface area contributed by atoms with Gasteiger partial charge in [-0.3, -0.25) is 0 Å². The summed E-state index contributed by atoms with van der Waals surface area (Å²) in [5.74, 6) is 0. The van der Waals surface area contributed by atoms with Crippen molar-refractivity contribution in [3.63, 3.8) is 0 Å². The smallest absolute Gasteiger partial charge is 0.493 e. The number of hydrogen-bond donors (Lipinski definition) is 0. The molecule has 2 nitrogen and oxygen atoms in total. The fourth-order valence-electron chi connectivity index (χ4n) is 14.6. The number of unbranched alkanes of at least 4 members (excludes halogenated alkanes) is 54. The van der Waals surface area contributed by atoms with E-state index >= 15 is 0 Å². The Kier molecular flexibility index (Phi) is 72.8. The molecular weight excluding hydrogens is 1230 g/mol. The summed E-state index contributed by atoms with van der Waals surface area (Å²) in [6, 6.07) is 14.7. The van der Waals surface area contributed by atoms with E-state index in [1.54, 1.807) is 4.70 Å². The summed E-state index contributed by atoms with van der Waals surface area (Å²) >= 11 is 0. The zero-order chi connectivity index (χ0) is 70.4. The first kappa shape index (κ1) is 95.8. The van der Waals surface area contributed by atoms with E-state index in [0.29, 0.717) is 0 Å². The van der Waals surface area contributed by atoms with E-state index in [-0.39, 0.29) is 16.5 Å². The van der Waals surface area contributed by atoms with Crippen LogP contribution in [0.15, 0.2) is 59.7 Å². The minimum atomic E-state index is 0. The van der Waals surface area contributed by atoms with Crippen LogP contribution in [0.5, 0.6) is 0 Å². The van der Waals surface area contributed by atoms with E-state index in [9.17, 15) is 5.53 Å². The molecule has 2 aromatic carbocycles. The van der Waals surface area contributed by atoms with Crippen LogP contribution in [0.3, 0.4) is 0 Å². The molecule has 3 rings (SSSR count). The predicted molar refractivity (Wildman–Crippen MR) is 441 cm³/mol. The topological polar surface area (TPSA) is 25.3 Å². The van der Waals surface area contributed by atoms with Crippen LogP contribution in [0.4, 0.5) is 0 Å². The summed E-state index contributed by atoms with van der Waals surface area (Å²) in [4.78, 5) is 0. The number of nitrogens with zero attached hydrogens (tertiary/aromatic N) is 2. The Bertz CT molecular complexity index is 2000. The molecule has 0 aromatic heterocycles. The van der Waals surface area contributed by atoms with Gasteiger partial charge in [0.05, 0.1) is 5.57 Å². The standard InChI is InChI=1S/C61H100N2.2C17H35.Ni/c1-7-13-19-22-25-26-27-28-29-30-31-32-33-36-39-45-59-58(44-18-12-6)60(56-48-52(40-16-10-4)46-53(49-56)41-17-11-5)63(62)61(59)57-50-54(42-37-34-23-20-14-8-2)47-55(51-57)43-38-35-24-21-15-9-3;2*1-3-5-7-9-11-13-15-17-16-14-12-10-8-6-4-2;/h39,45-51H,7-38,40-44H2,1-6H3;2*1,3-17H2,2H3;/q;2*-1;+2. The van der Waals surface area contributed by atoms with Crippen LogP contribution in [0, 0.1) is 13.8 Å². The van der Waals surface area contributed by atoms with Crippen molar-refractivity contribution < 1.29 is 21.2 Å². The molecule has 2 aromatic rings. The molecule has 0 spiro atoms. The van der Waals surface area contributed by atoms with Crippen molar-refractivity contribution in [3.05, 3.63) is 112 Å². The first-order chi connectivity index (χ1) is 47.8. The SMILES string of the molecule is CCCCCCCCCCCCCCCC=CC1=C(c2cc(CCCCCCCC)cc(CCCCCCCC)c2)[N+](=[N-])C(c2cc(CCCC)cc(CCCC)c2)=C1CCCC.[CH2-]CCCCCCCCCCCCCCCC.[CH2-]CCCCCCCCCCCCCCCC.[Ni+2]. The van der Waals surface area contributed by atoms with Crippen LogP contribution in [0.1, 0.15) is 493 Å². The average molecular weight is 1400 g/mol. The molecule has 1 heterocycles. The Balaban J connectivity index is 0.00000218. The van der Waals surface area contributed by atoms with Crippen molar-refractivity contribution in [1.82, 2.24) is 0 Å². The van der Waals surface area contributed by atoms with Crippen LogP contribution in [-0.4, -0.2) is 4.70 Å². The first-order valence-corrected chi connectivity index (χ1v) is 44.3. The Hall–Kier alpha value is -2.25. The second kappa shape index (κ2) is 74.5. The van der Waals surface area contributed by atoms with Gasteiger partial charge in [0, 0.05) is 16.7 Å². The molecule has 3 heteroatoms. The van der Waals surface area contributed by atoms with Crippen LogP contribution < -0.4 is 0 Å². The molecule has 0 aliphatic carbocycles. The number of allylic oxidation sites excluding steroid dienone is 4. The fourth-order valence-corrected chi connectivity index (χ4v) is 14.6. The molecule has 1 aliphatic heterocycles. The van der Waals surface area contributed by atoms with Gasteiger partial charge in [0.2, 0.25) is 11.4 Å². The predicted octanol–water partition coefficient (Wildman–Crippen LogP) is 34.0. The van der Waals surface area contributed by atoms with Gasteiger partial charge in [0.25, 0.3) is 0 Å². The van der Waals surface area contributed by atoms with Gasteiger partial charge in [-0.25, -0.2) is 4.70 Å².